The van der Waals surface area contributed by atoms with Crippen molar-refractivity contribution in [3.8, 4) is 0 Å². The number of aromatic nitrogens is 1. The molecule has 2 amide bonds. The Morgan fingerprint density at radius 2 is 1.84 bits per heavy atom. The lowest BCUT2D eigenvalue weighted by Gasteiger charge is -2.42. The van der Waals surface area contributed by atoms with Crippen LogP contribution >= 0.6 is 11.6 Å². The zero-order valence-corrected chi connectivity index (χ0v) is 23.1. The topological polar surface area (TPSA) is 99.7 Å². The van der Waals surface area contributed by atoms with Crippen molar-refractivity contribution in [2.75, 3.05) is 29.6 Å². The molecule has 10 heteroatoms. The lowest BCUT2D eigenvalue weighted by atomic mass is 9.90. The third-order valence-electron chi connectivity index (χ3n) is 7.59. The van der Waals surface area contributed by atoms with Gasteiger partial charge in [-0.15, -0.1) is 0 Å². The molecular weight excluding hydrogens is 512 g/mol. The first-order chi connectivity index (χ1) is 17.5. The van der Waals surface area contributed by atoms with Gasteiger partial charge in [0.2, 0.25) is 5.91 Å². The molecule has 2 saturated heterocycles. The Morgan fingerprint density at radius 3 is 2.51 bits per heavy atom. The second-order valence-electron chi connectivity index (χ2n) is 10.3. The van der Waals surface area contributed by atoms with Gasteiger partial charge in [-0.25, -0.2) is 13.4 Å². The molecule has 0 bridgehead atoms. The average molecular weight is 547 g/mol. The van der Waals surface area contributed by atoms with Gasteiger partial charge in [0.05, 0.1) is 10.9 Å². The number of carbonyl (C=O) groups is 2. The predicted octanol–water partition coefficient (Wildman–Crippen LogP) is 4.41. The van der Waals surface area contributed by atoms with E-state index in [9.17, 15) is 18.0 Å². The summed E-state index contributed by atoms with van der Waals surface area (Å²) in [6, 6.07) is 10.5. The molecule has 1 aromatic carbocycles. The molecule has 2 aromatic rings. The quantitative estimate of drug-likeness (QED) is 0.576. The summed E-state index contributed by atoms with van der Waals surface area (Å²) >= 11 is 6.03. The molecule has 4 atom stereocenters. The Labute approximate surface area is 224 Å². The summed E-state index contributed by atoms with van der Waals surface area (Å²) in [7, 11) is -3.45. The van der Waals surface area contributed by atoms with Crippen LogP contribution in [0.2, 0.25) is 5.02 Å². The van der Waals surface area contributed by atoms with Crippen LogP contribution in [0.15, 0.2) is 42.6 Å². The van der Waals surface area contributed by atoms with Crippen LogP contribution in [0.3, 0.4) is 0 Å². The highest BCUT2D eigenvalue weighted by Crippen LogP contribution is 2.34. The molecule has 0 spiro atoms. The van der Waals surface area contributed by atoms with E-state index in [2.05, 4.69) is 24.1 Å². The summed E-state index contributed by atoms with van der Waals surface area (Å²) in [5.41, 5.74) is 0.903. The maximum atomic E-state index is 13.3. The number of pyridine rings is 1. The highest BCUT2D eigenvalue weighted by atomic mass is 35.5. The fourth-order valence-corrected chi connectivity index (χ4v) is 7.26. The Morgan fingerprint density at radius 1 is 1.11 bits per heavy atom. The Bertz CT molecular complexity index is 1240. The molecule has 2 aliphatic heterocycles. The highest BCUT2D eigenvalue weighted by Gasteiger charge is 2.40. The number of carbonyl (C=O) groups excluding carboxylic acids is 2. The number of hydrogen-bond donors (Lipinski definition) is 1. The minimum Gasteiger partial charge on any atom is -0.354 e. The molecule has 2 aliphatic rings. The molecule has 0 radical (unpaired) electrons. The zero-order chi connectivity index (χ0) is 26.7. The van der Waals surface area contributed by atoms with E-state index in [1.165, 1.54) is 6.26 Å². The number of sulfone groups is 1. The molecular formula is C27H35ClN4O4S. The van der Waals surface area contributed by atoms with E-state index in [-0.39, 0.29) is 42.8 Å². The lowest BCUT2D eigenvalue weighted by molar-refractivity contribution is -0.138. The smallest absolute Gasteiger partial charge is 0.255 e. The van der Waals surface area contributed by atoms with Gasteiger partial charge < -0.3 is 15.1 Å². The van der Waals surface area contributed by atoms with E-state index in [4.69, 9.17) is 11.6 Å². The first kappa shape index (κ1) is 27.4. The van der Waals surface area contributed by atoms with Crippen molar-refractivity contribution < 1.29 is 18.0 Å². The monoisotopic (exact) mass is 546 g/mol. The molecule has 4 rings (SSSR count). The number of hydrogen-bond acceptors (Lipinski definition) is 6. The summed E-state index contributed by atoms with van der Waals surface area (Å²) in [5.74, 6) is -0.0522. The van der Waals surface area contributed by atoms with Gasteiger partial charge in [-0.3, -0.25) is 9.59 Å². The molecule has 3 heterocycles. The molecule has 1 N–H and O–H groups in total. The first-order valence-corrected chi connectivity index (χ1v) is 15.1. The van der Waals surface area contributed by atoms with Gasteiger partial charge in [0.15, 0.2) is 15.7 Å². The van der Waals surface area contributed by atoms with Gasteiger partial charge in [-0.2, -0.15) is 0 Å². The Balaban J connectivity index is 1.52. The second-order valence-corrected chi connectivity index (χ2v) is 13.0. The summed E-state index contributed by atoms with van der Waals surface area (Å²) in [4.78, 5) is 34.5. The fraction of sp³-hybridized carbons (Fsp3) is 0.519. The van der Waals surface area contributed by atoms with E-state index in [0.717, 1.165) is 19.3 Å². The number of halogens is 1. The maximum absolute atomic E-state index is 13.3. The normalized spacial score (nSPS) is 24.5. The number of rotatable bonds is 6. The van der Waals surface area contributed by atoms with E-state index >= 15 is 0 Å². The van der Waals surface area contributed by atoms with Crippen molar-refractivity contribution in [2.45, 2.75) is 63.3 Å². The molecule has 0 saturated carbocycles. The molecule has 2 fully saturated rings. The minimum absolute atomic E-state index is 0.0408. The fourth-order valence-electron chi connectivity index (χ4n) is 5.69. The van der Waals surface area contributed by atoms with Crippen LogP contribution in [-0.4, -0.2) is 66.8 Å². The van der Waals surface area contributed by atoms with Crippen LogP contribution in [0.1, 0.15) is 56.3 Å². The van der Waals surface area contributed by atoms with E-state index in [1.54, 1.807) is 42.6 Å². The first-order valence-electron chi connectivity index (χ1n) is 12.8. The number of piperidine rings is 2. The van der Waals surface area contributed by atoms with Crippen LogP contribution in [0.25, 0.3) is 0 Å². The molecule has 37 heavy (non-hydrogen) atoms. The van der Waals surface area contributed by atoms with Crippen LogP contribution in [-0.2, 0) is 14.6 Å². The number of likely N-dealkylation sites (tertiary alicyclic amines) is 1. The Kier molecular flexibility index (Phi) is 8.43. The van der Waals surface area contributed by atoms with E-state index in [0.29, 0.717) is 35.1 Å². The van der Waals surface area contributed by atoms with E-state index < -0.39 is 15.1 Å². The standard InChI is InChI=1S/C27H35ClN4O4S/c1-18-7-4-8-19(2)32(18)25(33)16-20-12-14-31(17-24(20)37(3,35)36)26-23(11-6-13-29-26)30-27(34)21-9-5-10-22(28)15-21/h5-6,9-11,13,15,18-20,24H,4,7-8,12,14,16-17H2,1-3H3,(H,30,34)/t18-,19+,20?,24?. The third-order valence-corrected chi connectivity index (χ3v) is 9.45. The van der Waals surface area contributed by atoms with Crippen LogP contribution in [0.5, 0.6) is 0 Å². The minimum atomic E-state index is -3.45. The molecule has 8 nitrogen and oxygen atoms in total. The number of amides is 2. The number of benzene rings is 1. The molecule has 1 aromatic heterocycles. The van der Waals surface area contributed by atoms with Gasteiger partial charge in [0.1, 0.15) is 0 Å². The number of anilines is 2. The summed E-state index contributed by atoms with van der Waals surface area (Å²) in [6.45, 7) is 4.89. The van der Waals surface area contributed by atoms with Gasteiger partial charge in [0, 0.05) is 54.6 Å². The third kappa shape index (κ3) is 6.44. The maximum Gasteiger partial charge on any atom is 0.255 e. The van der Waals surface area contributed by atoms with Crippen molar-refractivity contribution >= 4 is 44.8 Å². The van der Waals surface area contributed by atoms with Gasteiger partial charge >= 0.3 is 0 Å². The van der Waals surface area contributed by atoms with Crippen molar-refractivity contribution in [1.29, 1.82) is 0 Å². The summed E-state index contributed by atoms with van der Waals surface area (Å²) in [6.07, 6.45) is 6.69. The van der Waals surface area contributed by atoms with Gasteiger partial charge in [-0.05, 0) is 75.8 Å². The van der Waals surface area contributed by atoms with Crippen LogP contribution < -0.4 is 10.2 Å². The average Bonchev–Trinajstić information content (AvgIpc) is 2.84. The van der Waals surface area contributed by atoms with Gasteiger partial charge in [0.25, 0.3) is 5.91 Å². The second kappa shape index (κ2) is 11.4. The van der Waals surface area contributed by atoms with Crippen molar-refractivity contribution in [1.82, 2.24) is 9.88 Å². The Hall–Kier alpha value is -2.65. The van der Waals surface area contributed by atoms with Crippen LogP contribution in [0.4, 0.5) is 11.5 Å². The lowest BCUT2D eigenvalue weighted by Crippen LogP contribution is -2.52. The zero-order valence-electron chi connectivity index (χ0n) is 21.6. The molecule has 0 aliphatic carbocycles. The van der Waals surface area contributed by atoms with Crippen molar-refractivity contribution in [3.05, 3.63) is 53.2 Å². The largest absolute Gasteiger partial charge is 0.354 e. The number of nitrogens with zero attached hydrogens (tertiary/aromatic N) is 3. The highest BCUT2D eigenvalue weighted by molar-refractivity contribution is 7.91. The predicted molar refractivity (Wildman–Crippen MR) is 147 cm³/mol. The van der Waals surface area contributed by atoms with Crippen molar-refractivity contribution in [3.63, 3.8) is 0 Å². The van der Waals surface area contributed by atoms with Gasteiger partial charge in [-0.1, -0.05) is 17.7 Å². The van der Waals surface area contributed by atoms with Crippen LogP contribution in [0, 0.1) is 5.92 Å². The molecule has 200 valence electrons. The summed E-state index contributed by atoms with van der Waals surface area (Å²) < 4.78 is 25.8. The van der Waals surface area contributed by atoms with Crippen molar-refractivity contribution in [2.24, 2.45) is 5.92 Å². The SMILES string of the molecule is C[C@@H]1CCC[C@H](C)N1C(=O)CC1CCN(c2ncccc2NC(=O)c2cccc(Cl)c2)CC1S(C)(=O)=O. The van der Waals surface area contributed by atoms with E-state index in [1.807, 2.05) is 9.80 Å². The molecule has 2 unspecified atom stereocenters. The summed E-state index contributed by atoms with van der Waals surface area (Å²) in [5, 5.41) is 2.64. The number of nitrogens with one attached hydrogen (secondary N) is 1.